The first kappa shape index (κ1) is 16.5. The number of methoxy groups -OCH3 is 1. The van der Waals surface area contributed by atoms with Crippen LogP contribution in [0.4, 0.5) is 10.5 Å². The van der Waals surface area contributed by atoms with E-state index in [1.807, 2.05) is 0 Å². The third kappa shape index (κ3) is 4.59. The van der Waals surface area contributed by atoms with Crippen LogP contribution < -0.4 is 10.6 Å². The van der Waals surface area contributed by atoms with Crippen LogP contribution in [0.1, 0.15) is 10.4 Å². The molecule has 1 unspecified atom stereocenters. The molecule has 1 fully saturated rings. The zero-order valence-electron chi connectivity index (χ0n) is 12.1. The Morgan fingerprint density at radius 3 is 2.86 bits per heavy atom. The first-order chi connectivity index (χ1) is 10.6. The molecule has 0 spiro atoms. The Morgan fingerprint density at radius 1 is 1.41 bits per heavy atom. The highest BCUT2D eigenvalue weighted by atomic mass is 35.5. The lowest BCUT2D eigenvalue weighted by atomic mass is 10.2. The van der Waals surface area contributed by atoms with Crippen molar-refractivity contribution in [3.05, 3.63) is 28.8 Å². The molecule has 120 valence electrons. The number of anilines is 1. The SMILES string of the molecule is COC(=O)c1ccc(NC(=O)NCC2COCCO2)c(Cl)c1. The van der Waals surface area contributed by atoms with Crippen LogP contribution in [-0.2, 0) is 14.2 Å². The molecular weight excluding hydrogens is 312 g/mol. The van der Waals surface area contributed by atoms with Crippen molar-refractivity contribution in [2.45, 2.75) is 6.10 Å². The number of esters is 1. The van der Waals surface area contributed by atoms with Gasteiger partial charge in [-0.2, -0.15) is 0 Å². The van der Waals surface area contributed by atoms with Gasteiger partial charge in [0.2, 0.25) is 0 Å². The van der Waals surface area contributed by atoms with Crippen LogP contribution in [0.2, 0.25) is 5.02 Å². The highest BCUT2D eigenvalue weighted by molar-refractivity contribution is 6.34. The van der Waals surface area contributed by atoms with Crippen LogP contribution in [0.3, 0.4) is 0 Å². The zero-order valence-corrected chi connectivity index (χ0v) is 12.8. The largest absolute Gasteiger partial charge is 0.465 e. The van der Waals surface area contributed by atoms with Gasteiger partial charge in [-0.3, -0.25) is 0 Å². The van der Waals surface area contributed by atoms with E-state index in [-0.39, 0.29) is 11.1 Å². The number of urea groups is 1. The van der Waals surface area contributed by atoms with E-state index in [2.05, 4.69) is 15.4 Å². The van der Waals surface area contributed by atoms with Crippen molar-refractivity contribution in [3.63, 3.8) is 0 Å². The number of benzene rings is 1. The van der Waals surface area contributed by atoms with Gasteiger partial charge in [-0.15, -0.1) is 0 Å². The molecule has 1 aromatic carbocycles. The summed E-state index contributed by atoms with van der Waals surface area (Å²) < 4.78 is 15.2. The Kier molecular flexibility index (Phi) is 6.00. The topological polar surface area (TPSA) is 85.9 Å². The van der Waals surface area contributed by atoms with Crippen LogP contribution in [0.15, 0.2) is 18.2 Å². The normalized spacial score (nSPS) is 17.6. The molecule has 0 aromatic heterocycles. The van der Waals surface area contributed by atoms with E-state index in [0.717, 1.165) is 0 Å². The molecule has 1 aliphatic heterocycles. The maximum atomic E-state index is 11.8. The number of rotatable bonds is 4. The van der Waals surface area contributed by atoms with E-state index in [9.17, 15) is 9.59 Å². The summed E-state index contributed by atoms with van der Waals surface area (Å²) in [5.74, 6) is -0.493. The molecule has 1 heterocycles. The van der Waals surface area contributed by atoms with Gasteiger partial charge in [0, 0.05) is 6.54 Å². The lowest BCUT2D eigenvalue weighted by molar-refractivity contribution is -0.0852. The zero-order chi connectivity index (χ0) is 15.9. The van der Waals surface area contributed by atoms with Crippen molar-refractivity contribution < 1.29 is 23.8 Å². The molecule has 1 saturated heterocycles. The molecule has 1 aliphatic rings. The number of nitrogens with one attached hydrogen (secondary N) is 2. The smallest absolute Gasteiger partial charge is 0.337 e. The summed E-state index contributed by atoms with van der Waals surface area (Å²) in [6, 6.07) is 4.07. The predicted molar refractivity (Wildman–Crippen MR) is 80.4 cm³/mol. The third-order valence-corrected chi connectivity index (χ3v) is 3.33. The average Bonchev–Trinajstić information content (AvgIpc) is 2.55. The number of hydrogen-bond donors (Lipinski definition) is 2. The number of amides is 2. The second kappa shape index (κ2) is 7.98. The van der Waals surface area contributed by atoms with Crippen LogP contribution in [0.5, 0.6) is 0 Å². The fourth-order valence-corrected chi connectivity index (χ4v) is 2.12. The van der Waals surface area contributed by atoms with Crippen molar-refractivity contribution in [1.82, 2.24) is 5.32 Å². The molecule has 7 nitrogen and oxygen atoms in total. The van der Waals surface area contributed by atoms with Gasteiger partial charge in [-0.1, -0.05) is 11.6 Å². The minimum Gasteiger partial charge on any atom is -0.465 e. The lowest BCUT2D eigenvalue weighted by Gasteiger charge is -2.23. The molecule has 8 heteroatoms. The number of hydrogen-bond acceptors (Lipinski definition) is 5. The molecule has 22 heavy (non-hydrogen) atoms. The summed E-state index contributed by atoms with van der Waals surface area (Å²) in [4.78, 5) is 23.2. The van der Waals surface area contributed by atoms with Gasteiger partial charge in [-0.05, 0) is 18.2 Å². The van der Waals surface area contributed by atoms with Crippen molar-refractivity contribution >= 4 is 29.3 Å². The second-order valence-electron chi connectivity index (χ2n) is 4.59. The Bertz CT molecular complexity index is 546. The highest BCUT2D eigenvalue weighted by Crippen LogP contribution is 2.23. The molecule has 0 saturated carbocycles. The minimum atomic E-state index is -0.493. The van der Waals surface area contributed by atoms with Gasteiger partial charge in [-0.25, -0.2) is 9.59 Å². The predicted octanol–water partition coefficient (Wildman–Crippen LogP) is 1.66. The molecule has 2 N–H and O–H groups in total. The summed E-state index contributed by atoms with van der Waals surface area (Å²) in [5.41, 5.74) is 0.707. The molecule has 1 aromatic rings. The summed E-state index contributed by atoms with van der Waals surface area (Å²) in [6.45, 7) is 1.89. The maximum Gasteiger partial charge on any atom is 0.337 e. The van der Waals surface area contributed by atoms with E-state index in [4.69, 9.17) is 21.1 Å². The molecule has 0 aliphatic carbocycles. The summed E-state index contributed by atoms with van der Waals surface area (Å²) in [6.07, 6.45) is -0.156. The summed E-state index contributed by atoms with van der Waals surface area (Å²) >= 11 is 6.03. The Morgan fingerprint density at radius 2 is 2.23 bits per heavy atom. The lowest BCUT2D eigenvalue weighted by Crippen LogP contribution is -2.41. The average molecular weight is 329 g/mol. The van der Waals surface area contributed by atoms with Gasteiger partial charge in [0.1, 0.15) is 0 Å². The van der Waals surface area contributed by atoms with Crippen LogP contribution in [-0.4, -0.2) is 51.6 Å². The minimum absolute atomic E-state index is 0.156. The van der Waals surface area contributed by atoms with Gasteiger partial charge in [0.25, 0.3) is 0 Å². The summed E-state index contributed by atoms with van der Waals surface area (Å²) in [5, 5.41) is 5.52. The molecule has 2 amide bonds. The molecule has 0 bridgehead atoms. The van der Waals surface area contributed by atoms with Crippen LogP contribution in [0, 0.1) is 0 Å². The number of carbonyl (C=O) groups excluding carboxylic acids is 2. The van der Waals surface area contributed by atoms with Crippen LogP contribution >= 0.6 is 11.6 Å². The van der Waals surface area contributed by atoms with Crippen molar-refractivity contribution in [2.24, 2.45) is 0 Å². The van der Waals surface area contributed by atoms with Crippen molar-refractivity contribution in [1.29, 1.82) is 0 Å². The first-order valence-electron chi connectivity index (χ1n) is 6.72. The van der Waals surface area contributed by atoms with Crippen LogP contribution in [0.25, 0.3) is 0 Å². The molecule has 1 atom stereocenters. The standard InChI is InChI=1S/C14H17ClN2O5/c1-20-13(18)9-2-3-12(11(15)6-9)17-14(19)16-7-10-8-21-4-5-22-10/h2-3,6,10H,4-5,7-8H2,1H3,(H2,16,17,19). The van der Waals surface area contributed by atoms with Crippen molar-refractivity contribution in [3.8, 4) is 0 Å². The van der Waals surface area contributed by atoms with Gasteiger partial charge in [0.05, 0.1) is 49.3 Å². The number of carbonyl (C=O) groups is 2. The van der Waals surface area contributed by atoms with Gasteiger partial charge >= 0.3 is 12.0 Å². The monoisotopic (exact) mass is 328 g/mol. The fourth-order valence-electron chi connectivity index (χ4n) is 1.89. The fraction of sp³-hybridized carbons (Fsp3) is 0.429. The Labute approximate surface area is 132 Å². The molecule has 2 rings (SSSR count). The van der Waals surface area contributed by atoms with Gasteiger partial charge < -0.3 is 24.8 Å². The van der Waals surface area contributed by atoms with E-state index < -0.39 is 12.0 Å². The Hall–Kier alpha value is -1.83. The first-order valence-corrected chi connectivity index (χ1v) is 7.10. The van der Waals surface area contributed by atoms with Crippen molar-refractivity contribution in [2.75, 3.05) is 38.8 Å². The van der Waals surface area contributed by atoms with E-state index in [1.54, 1.807) is 0 Å². The Balaban J connectivity index is 1.86. The number of halogens is 1. The van der Waals surface area contributed by atoms with Gasteiger partial charge in [0.15, 0.2) is 0 Å². The van der Waals surface area contributed by atoms with E-state index in [1.165, 1.54) is 25.3 Å². The van der Waals surface area contributed by atoms with E-state index in [0.29, 0.717) is 37.6 Å². The third-order valence-electron chi connectivity index (χ3n) is 3.01. The highest BCUT2D eigenvalue weighted by Gasteiger charge is 2.16. The molecule has 0 radical (unpaired) electrons. The second-order valence-corrected chi connectivity index (χ2v) is 5.00. The number of ether oxygens (including phenoxy) is 3. The maximum absolute atomic E-state index is 11.8. The van der Waals surface area contributed by atoms with E-state index >= 15 is 0 Å². The quantitative estimate of drug-likeness (QED) is 0.821. The summed E-state index contributed by atoms with van der Waals surface area (Å²) in [7, 11) is 1.28. The molecular formula is C14H17ClN2O5.